The van der Waals surface area contributed by atoms with Gasteiger partial charge in [-0.25, -0.2) is 0 Å². The molecule has 1 aromatic carbocycles. The third-order valence-electron chi connectivity index (χ3n) is 6.22. The quantitative estimate of drug-likeness (QED) is 0.370. The van der Waals surface area contributed by atoms with Crippen LogP contribution in [0.5, 0.6) is 0 Å². The van der Waals surface area contributed by atoms with E-state index in [-0.39, 0.29) is 23.7 Å². The number of esters is 1. The molecule has 1 unspecified atom stereocenters. The number of carbonyl (C=O) groups is 3. The standard InChI is InChI=1S/C28H43BrN2O4/c1-7-11-22(27(34)35-28(4,5)6)23(16-19(2)3)25(32)30-24-14-8-9-15-31(26(24)33)18-20-12-10-13-21(29)17-20/h10,12-13,17,19,22-24H,7-9,11,14-16,18H2,1-6H3,(H,30,32)/t22-,23?,24-/m0/s1. The van der Waals surface area contributed by atoms with Gasteiger partial charge in [0, 0.05) is 17.6 Å². The molecule has 7 heteroatoms. The van der Waals surface area contributed by atoms with E-state index in [9.17, 15) is 14.4 Å². The Morgan fingerprint density at radius 2 is 1.91 bits per heavy atom. The van der Waals surface area contributed by atoms with Crippen LogP contribution in [0.3, 0.4) is 0 Å². The summed E-state index contributed by atoms with van der Waals surface area (Å²) in [6.07, 6.45) is 4.29. The maximum Gasteiger partial charge on any atom is 0.310 e. The highest BCUT2D eigenvalue weighted by atomic mass is 79.9. The monoisotopic (exact) mass is 550 g/mol. The van der Waals surface area contributed by atoms with Crippen molar-refractivity contribution in [2.45, 2.75) is 98.3 Å². The molecule has 0 aliphatic carbocycles. The van der Waals surface area contributed by atoms with Gasteiger partial charge in [-0.3, -0.25) is 14.4 Å². The predicted molar refractivity (Wildman–Crippen MR) is 143 cm³/mol. The average Bonchev–Trinajstić information content (AvgIpc) is 2.91. The molecule has 0 bridgehead atoms. The summed E-state index contributed by atoms with van der Waals surface area (Å²) in [6.45, 7) is 12.8. The van der Waals surface area contributed by atoms with Gasteiger partial charge in [-0.05, 0) is 76.5 Å². The van der Waals surface area contributed by atoms with E-state index >= 15 is 0 Å². The SMILES string of the molecule is CCC[C@H](C(=O)OC(C)(C)C)C(CC(C)C)C(=O)N[C@H]1CCCCN(Cc2cccc(Br)c2)C1=O. The highest BCUT2D eigenvalue weighted by molar-refractivity contribution is 9.10. The van der Waals surface area contributed by atoms with Gasteiger partial charge >= 0.3 is 5.97 Å². The minimum Gasteiger partial charge on any atom is -0.460 e. The molecule has 1 aliphatic rings. The molecule has 1 heterocycles. The van der Waals surface area contributed by atoms with E-state index in [0.717, 1.165) is 29.3 Å². The highest BCUT2D eigenvalue weighted by Crippen LogP contribution is 2.29. The van der Waals surface area contributed by atoms with Crippen LogP contribution < -0.4 is 5.32 Å². The Morgan fingerprint density at radius 1 is 1.20 bits per heavy atom. The minimum absolute atomic E-state index is 0.0524. The number of rotatable bonds is 10. The largest absolute Gasteiger partial charge is 0.460 e. The molecule has 2 amide bonds. The molecule has 0 radical (unpaired) electrons. The summed E-state index contributed by atoms with van der Waals surface area (Å²) in [6, 6.07) is 7.37. The number of nitrogens with zero attached hydrogens (tertiary/aromatic N) is 1. The van der Waals surface area contributed by atoms with E-state index in [1.54, 1.807) is 0 Å². The fourth-order valence-electron chi connectivity index (χ4n) is 4.66. The Morgan fingerprint density at radius 3 is 2.51 bits per heavy atom. The van der Waals surface area contributed by atoms with E-state index in [1.165, 1.54) is 0 Å². The van der Waals surface area contributed by atoms with Crippen molar-refractivity contribution in [3.63, 3.8) is 0 Å². The lowest BCUT2D eigenvalue weighted by Gasteiger charge is -2.31. The average molecular weight is 552 g/mol. The first-order valence-corrected chi connectivity index (χ1v) is 13.8. The number of carbonyl (C=O) groups excluding carboxylic acids is 3. The maximum atomic E-state index is 13.6. The Bertz CT molecular complexity index is 865. The van der Waals surface area contributed by atoms with Crippen molar-refractivity contribution < 1.29 is 19.1 Å². The molecule has 1 aromatic rings. The molecule has 2 rings (SSSR count). The first kappa shape index (κ1) is 29.3. The van der Waals surface area contributed by atoms with Crippen LogP contribution in [0.2, 0.25) is 0 Å². The molecule has 196 valence electrons. The minimum atomic E-state index is -0.619. The van der Waals surface area contributed by atoms with Gasteiger partial charge in [0.05, 0.1) is 11.8 Å². The molecule has 35 heavy (non-hydrogen) atoms. The number of amides is 2. The lowest BCUT2D eigenvalue weighted by Crippen LogP contribution is -2.50. The van der Waals surface area contributed by atoms with Crippen molar-refractivity contribution >= 4 is 33.7 Å². The van der Waals surface area contributed by atoms with Crippen LogP contribution in [0.1, 0.15) is 85.6 Å². The van der Waals surface area contributed by atoms with E-state index in [4.69, 9.17) is 4.74 Å². The van der Waals surface area contributed by atoms with Gasteiger partial charge in [-0.1, -0.05) is 55.3 Å². The zero-order valence-electron chi connectivity index (χ0n) is 22.2. The number of likely N-dealkylation sites (tertiary alicyclic amines) is 1. The van der Waals surface area contributed by atoms with Crippen LogP contribution in [0.25, 0.3) is 0 Å². The fourth-order valence-corrected chi connectivity index (χ4v) is 5.11. The van der Waals surface area contributed by atoms with Gasteiger partial charge in [0.2, 0.25) is 11.8 Å². The molecule has 1 N–H and O–H groups in total. The summed E-state index contributed by atoms with van der Waals surface area (Å²) < 4.78 is 6.67. The van der Waals surface area contributed by atoms with Crippen molar-refractivity contribution in [3.05, 3.63) is 34.3 Å². The summed E-state index contributed by atoms with van der Waals surface area (Å²) >= 11 is 3.50. The van der Waals surface area contributed by atoms with E-state index in [1.807, 2.05) is 56.9 Å². The molecule has 6 nitrogen and oxygen atoms in total. The third-order valence-corrected chi connectivity index (χ3v) is 6.71. The van der Waals surface area contributed by atoms with E-state index < -0.39 is 23.5 Å². The first-order chi connectivity index (χ1) is 16.4. The lowest BCUT2D eigenvalue weighted by atomic mass is 9.81. The van der Waals surface area contributed by atoms with Crippen LogP contribution in [-0.2, 0) is 25.7 Å². The second kappa shape index (κ2) is 13.4. The van der Waals surface area contributed by atoms with E-state index in [0.29, 0.717) is 32.4 Å². The number of halogens is 1. The van der Waals surface area contributed by atoms with Gasteiger partial charge in [-0.2, -0.15) is 0 Å². The normalized spacial score (nSPS) is 18.7. The lowest BCUT2D eigenvalue weighted by molar-refractivity contribution is -0.164. The van der Waals surface area contributed by atoms with Crippen LogP contribution in [0.15, 0.2) is 28.7 Å². The summed E-state index contributed by atoms with van der Waals surface area (Å²) in [5.41, 5.74) is 0.428. The van der Waals surface area contributed by atoms with Crippen molar-refractivity contribution in [1.29, 1.82) is 0 Å². The Balaban J connectivity index is 2.21. The van der Waals surface area contributed by atoms with Gasteiger partial charge in [-0.15, -0.1) is 0 Å². The molecule has 3 atom stereocenters. The zero-order valence-corrected chi connectivity index (χ0v) is 23.8. The molecular weight excluding hydrogens is 508 g/mol. The summed E-state index contributed by atoms with van der Waals surface area (Å²) in [4.78, 5) is 42.0. The van der Waals surface area contributed by atoms with Gasteiger partial charge < -0.3 is 15.0 Å². The first-order valence-electron chi connectivity index (χ1n) is 13.0. The number of hydrogen-bond acceptors (Lipinski definition) is 4. The molecule has 1 aliphatic heterocycles. The van der Waals surface area contributed by atoms with E-state index in [2.05, 4.69) is 35.1 Å². The second-order valence-corrected chi connectivity index (χ2v) is 12.0. The predicted octanol–water partition coefficient (Wildman–Crippen LogP) is 5.87. The van der Waals surface area contributed by atoms with Crippen molar-refractivity contribution in [3.8, 4) is 0 Å². The number of ether oxygens (including phenoxy) is 1. The molecule has 1 fully saturated rings. The van der Waals surface area contributed by atoms with Gasteiger partial charge in [0.1, 0.15) is 11.6 Å². The maximum absolute atomic E-state index is 13.6. The topological polar surface area (TPSA) is 75.7 Å². The number of benzene rings is 1. The molecule has 1 saturated heterocycles. The summed E-state index contributed by atoms with van der Waals surface area (Å²) in [5, 5.41) is 3.05. The number of hydrogen-bond donors (Lipinski definition) is 1. The zero-order chi connectivity index (χ0) is 26.2. The highest BCUT2D eigenvalue weighted by Gasteiger charge is 2.38. The van der Waals surface area contributed by atoms with Crippen molar-refractivity contribution in [2.24, 2.45) is 17.8 Å². The Kier molecular flexibility index (Phi) is 11.3. The number of nitrogens with one attached hydrogen (secondary N) is 1. The molecule has 0 spiro atoms. The van der Waals surface area contributed by atoms with Gasteiger partial charge in [0.15, 0.2) is 0 Å². The van der Waals surface area contributed by atoms with Crippen molar-refractivity contribution in [1.82, 2.24) is 10.2 Å². The Hall–Kier alpha value is -1.89. The van der Waals surface area contributed by atoms with Crippen LogP contribution in [0.4, 0.5) is 0 Å². The smallest absolute Gasteiger partial charge is 0.310 e. The molecular formula is C28H43BrN2O4. The fraction of sp³-hybridized carbons (Fsp3) is 0.679. The second-order valence-electron chi connectivity index (χ2n) is 11.1. The molecule has 0 saturated carbocycles. The van der Waals surface area contributed by atoms with Gasteiger partial charge in [0.25, 0.3) is 0 Å². The summed E-state index contributed by atoms with van der Waals surface area (Å²) in [5.74, 6) is -1.43. The van der Waals surface area contributed by atoms with Crippen LogP contribution in [-0.4, -0.2) is 40.9 Å². The summed E-state index contributed by atoms with van der Waals surface area (Å²) in [7, 11) is 0. The van der Waals surface area contributed by atoms with Crippen LogP contribution in [0, 0.1) is 17.8 Å². The third kappa shape index (κ3) is 9.59. The molecule has 0 aromatic heterocycles. The van der Waals surface area contributed by atoms with Crippen LogP contribution >= 0.6 is 15.9 Å². The Labute approximate surface area is 219 Å². The van der Waals surface area contributed by atoms with Crippen molar-refractivity contribution in [2.75, 3.05) is 6.54 Å².